The van der Waals surface area contributed by atoms with Crippen molar-refractivity contribution in [1.82, 2.24) is 4.98 Å². The van der Waals surface area contributed by atoms with Gasteiger partial charge in [0.15, 0.2) is 6.79 Å². The lowest BCUT2D eigenvalue weighted by Gasteiger charge is -2.41. The molecule has 2 aromatic carbocycles. The summed E-state index contributed by atoms with van der Waals surface area (Å²) in [6.45, 7) is 1.44. The Hall–Kier alpha value is -2.92. The second-order valence-electron chi connectivity index (χ2n) is 7.13. The third-order valence-electron chi connectivity index (χ3n) is 5.13. The van der Waals surface area contributed by atoms with Crippen molar-refractivity contribution in [3.63, 3.8) is 0 Å². The fourth-order valence-electron chi connectivity index (χ4n) is 3.68. The molecule has 1 aromatic heterocycles. The highest BCUT2D eigenvalue weighted by Gasteiger charge is 2.29. The Morgan fingerprint density at radius 3 is 2.83 bits per heavy atom. The van der Waals surface area contributed by atoms with Gasteiger partial charge >= 0.3 is 0 Å². The molecular formula is C22H19ClFN3O3. The van der Waals surface area contributed by atoms with Crippen LogP contribution in [0.1, 0.15) is 5.56 Å². The van der Waals surface area contributed by atoms with Crippen molar-refractivity contribution in [3.05, 3.63) is 52.9 Å². The van der Waals surface area contributed by atoms with Crippen LogP contribution in [0.5, 0.6) is 5.75 Å². The molecule has 0 aliphatic carbocycles. The smallest absolute Gasteiger partial charge is 0.188 e. The van der Waals surface area contributed by atoms with Crippen LogP contribution in [0.4, 0.5) is 10.1 Å². The molecule has 0 bridgehead atoms. The standard InChI is InChI=1S/C22H19ClFN3O3/c1-29-12-30-22-15(7-25)4-16(24)6-17(22)14-2-3-20-18(5-14)21(19(23)8-26-20)27-9-13(10-27)11-28/h2-6,8,13,28H,9-12H2,1H3. The summed E-state index contributed by atoms with van der Waals surface area (Å²) in [5.74, 6) is -0.0757. The van der Waals surface area contributed by atoms with Gasteiger partial charge < -0.3 is 19.5 Å². The molecule has 154 valence electrons. The summed E-state index contributed by atoms with van der Waals surface area (Å²) in [5, 5.41) is 20.1. The van der Waals surface area contributed by atoms with Crippen molar-refractivity contribution in [2.24, 2.45) is 5.92 Å². The second-order valence-corrected chi connectivity index (χ2v) is 7.54. The Morgan fingerprint density at radius 1 is 1.33 bits per heavy atom. The third kappa shape index (κ3) is 3.65. The van der Waals surface area contributed by atoms with Crippen LogP contribution in [0.15, 0.2) is 36.5 Å². The number of aliphatic hydroxyl groups excluding tert-OH is 1. The Morgan fingerprint density at radius 2 is 2.13 bits per heavy atom. The van der Waals surface area contributed by atoms with E-state index in [1.54, 1.807) is 12.3 Å². The van der Waals surface area contributed by atoms with E-state index in [-0.39, 0.29) is 30.6 Å². The Labute approximate surface area is 178 Å². The predicted molar refractivity (Wildman–Crippen MR) is 112 cm³/mol. The number of aromatic nitrogens is 1. The number of rotatable bonds is 6. The van der Waals surface area contributed by atoms with Crippen molar-refractivity contribution >= 4 is 28.2 Å². The lowest BCUT2D eigenvalue weighted by molar-refractivity contribution is 0.0513. The van der Waals surface area contributed by atoms with Gasteiger partial charge in [0.05, 0.1) is 21.8 Å². The maximum atomic E-state index is 14.2. The first-order valence-corrected chi connectivity index (χ1v) is 9.73. The van der Waals surface area contributed by atoms with Crippen LogP contribution in [-0.4, -0.2) is 43.7 Å². The fourth-order valence-corrected chi connectivity index (χ4v) is 3.95. The Bertz CT molecular complexity index is 1140. The number of pyridine rings is 1. The molecule has 2 heterocycles. The zero-order valence-electron chi connectivity index (χ0n) is 16.2. The van der Waals surface area contributed by atoms with E-state index >= 15 is 0 Å². The van der Waals surface area contributed by atoms with Crippen LogP contribution < -0.4 is 9.64 Å². The number of ether oxygens (including phenoxy) is 2. The molecule has 0 radical (unpaired) electrons. The number of aliphatic hydroxyl groups is 1. The first-order valence-electron chi connectivity index (χ1n) is 9.35. The molecule has 8 heteroatoms. The summed E-state index contributed by atoms with van der Waals surface area (Å²) < 4.78 is 24.8. The topological polar surface area (TPSA) is 78.6 Å². The van der Waals surface area contributed by atoms with Crippen LogP contribution in [0.3, 0.4) is 0 Å². The van der Waals surface area contributed by atoms with Gasteiger partial charge in [-0.15, -0.1) is 0 Å². The van der Waals surface area contributed by atoms with Gasteiger partial charge in [0.25, 0.3) is 0 Å². The summed E-state index contributed by atoms with van der Waals surface area (Å²) >= 11 is 6.46. The number of hydrogen-bond donors (Lipinski definition) is 1. The van der Waals surface area contributed by atoms with Gasteiger partial charge in [-0.1, -0.05) is 17.7 Å². The van der Waals surface area contributed by atoms with E-state index in [9.17, 15) is 14.8 Å². The van der Waals surface area contributed by atoms with Gasteiger partial charge in [-0.2, -0.15) is 5.26 Å². The van der Waals surface area contributed by atoms with E-state index in [0.29, 0.717) is 29.2 Å². The van der Waals surface area contributed by atoms with Crippen LogP contribution in [-0.2, 0) is 4.74 Å². The lowest BCUT2D eigenvalue weighted by Crippen LogP contribution is -2.48. The van der Waals surface area contributed by atoms with Gasteiger partial charge in [-0.3, -0.25) is 4.98 Å². The highest BCUT2D eigenvalue weighted by atomic mass is 35.5. The number of benzene rings is 2. The molecule has 0 unspecified atom stereocenters. The summed E-state index contributed by atoms with van der Waals surface area (Å²) in [7, 11) is 1.47. The molecule has 30 heavy (non-hydrogen) atoms. The molecule has 1 saturated heterocycles. The van der Waals surface area contributed by atoms with E-state index in [1.165, 1.54) is 13.2 Å². The van der Waals surface area contributed by atoms with Gasteiger partial charge in [0.1, 0.15) is 17.6 Å². The van der Waals surface area contributed by atoms with Crippen molar-refractivity contribution in [2.45, 2.75) is 0 Å². The van der Waals surface area contributed by atoms with Gasteiger partial charge in [-0.25, -0.2) is 4.39 Å². The molecule has 1 fully saturated rings. The fraction of sp³-hybridized carbons (Fsp3) is 0.273. The molecule has 0 spiro atoms. The zero-order chi connectivity index (χ0) is 21.3. The highest BCUT2D eigenvalue weighted by molar-refractivity contribution is 6.34. The van der Waals surface area contributed by atoms with Crippen molar-refractivity contribution < 1.29 is 19.0 Å². The number of nitrogens with zero attached hydrogens (tertiary/aromatic N) is 3. The molecule has 0 saturated carbocycles. The predicted octanol–water partition coefficient (Wildman–Crippen LogP) is 3.98. The molecule has 1 aliphatic heterocycles. The summed E-state index contributed by atoms with van der Waals surface area (Å²) in [4.78, 5) is 6.48. The van der Waals surface area contributed by atoms with Crippen LogP contribution in [0.25, 0.3) is 22.0 Å². The highest BCUT2D eigenvalue weighted by Crippen LogP contribution is 2.41. The Balaban J connectivity index is 1.87. The average Bonchev–Trinajstić information content (AvgIpc) is 2.72. The molecule has 3 aromatic rings. The summed E-state index contributed by atoms with van der Waals surface area (Å²) in [6, 6.07) is 9.93. The largest absolute Gasteiger partial charge is 0.466 e. The number of anilines is 1. The van der Waals surface area contributed by atoms with Crippen LogP contribution >= 0.6 is 11.6 Å². The number of fused-ring (bicyclic) bond motifs is 1. The molecule has 0 amide bonds. The summed E-state index contributed by atoms with van der Waals surface area (Å²) in [5.41, 5.74) is 2.74. The number of halogens is 2. The molecule has 4 rings (SSSR count). The number of methoxy groups -OCH3 is 1. The first kappa shape index (κ1) is 20.4. The molecule has 1 aliphatic rings. The SMILES string of the molecule is COCOc1c(C#N)cc(F)cc1-c1ccc2ncc(Cl)c(N3CC(CO)C3)c2c1. The second kappa shape index (κ2) is 8.44. The van der Waals surface area contributed by atoms with Crippen LogP contribution in [0, 0.1) is 23.1 Å². The van der Waals surface area contributed by atoms with E-state index < -0.39 is 5.82 Å². The van der Waals surface area contributed by atoms with E-state index in [4.69, 9.17) is 21.1 Å². The monoisotopic (exact) mass is 427 g/mol. The van der Waals surface area contributed by atoms with Crippen molar-refractivity contribution in [3.8, 4) is 22.9 Å². The maximum Gasteiger partial charge on any atom is 0.188 e. The van der Waals surface area contributed by atoms with Gasteiger partial charge in [0.2, 0.25) is 0 Å². The first-order chi connectivity index (χ1) is 14.5. The zero-order valence-corrected chi connectivity index (χ0v) is 17.0. The molecule has 1 N–H and O–H groups in total. The average molecular weight is 428 g/mol. The molecule has 6 nitrogen and oxygen atoms in total. The minimum atomic E-state index is -0.538. The summed E-state index contributed by atoms with van der Waals surface area (Å²) in [6.07, 6.45) is 1.61. The molecule has 0 atom stereocenters. The van der Waals surface area contributed by atoms with E-state index in [2.05, 4.69) is 9.88 Å². The van der Waals surface area contributed by atoms with Crippen molar-refractivity contribution in [1.29, 1.82) is 5.26 Å². The number of nitriles is 1. The maximum absolute atomic E-state index is 14.2. The lowest BCUT2D eigenvalue weighted by atomic mass is 9.96. The number of hydrogen-bond acceptors (Lipinski definition) is 6. The quantitative estimate of drug-likeness (QED) is 0.599. The minimum Gasteiger partial charge on any atom is -0.466 e. The normalized spacial score (nSPS) is 13.9. The van der Waals surface area contributed by atoms with Crippen molar-refractivity contribution in [2.75, 3.05) is 38.5 Å². The third-order valence-corrected chi connectivity index (χ3v) is 5.41. The molecular weight excluding hydrogens is 409 g/mol. The van der Waals surface area contributed by atoms with Crippen LogP contribution in [0.2, 0.25) is 5.02 Å². The van der Waals surface area contributed by atoms with E-state index in [1.807, 2.05) is 18.2 Å². The minimum absolute atomic E-state index is 0.0736. The van der Waals surface area contributed by atoms with E-state index in [0.717, 1.165) is 22.7 Å². The Kier molecular flexibility index (Phi) is 5.73. The van der Waals surface area contributed by atoms with Gasteiger partial charge in [-0.05, 0) is 29.8 Å². The van der Waals surface area contributed by atoms with Gasteiger partial charge in [0, 0.05) is 49.9 Å².